The van der Waals surface area contributed by atoms with Gasteiger partial charge in [-0.15, -0.1) is 0 Å². The number of hydrogen-bond donors (Lipinski definition) is 0. The van der Waals surface area contributed by atoms with Crippen molar-refractivity contribution in [1.29, 1.82) is 0 Å². The highest BCUT2D eigenvalue weighted by molar-refractivity contribution is 5.85. The average molecular weight is 541 g/mol. The van der Waals surface area contributed by atoms with Crippen LogP contribution >= 0.6 is 0 Å². The summed E-state index contributed by atoms with van der Waals surface area (Å²) in [6.45, 7) is 0. The standard InChI is InChI=1S/C39H27N3/c1-7-28(34-13-4-16-40-25-34)19-31(10-1)37-22-38(32-11-2-8-29(20-32)35-14-5-17-41-26-35)24-39(23-37)33-12-3-9-30(21-33)36-15-6-18-42-27-36/h1-27H/p+3. The maximum atomic E-state index is 3.21. The second-order valence-corrected chi connectivity index (χ2v) is 10.4. The quantitative estimate of drug-likeness (QED) is 0.204. The summed E-state index contributed by atoms with van der Waals surface area (Å²) in [6.07, 6.45) is 11.9. The lowest BCUT2D eigenvalue weighted by Crippen LogP contribution is -1.98. The highest BCUT2D eigenvalue weighted by Crippen LogP contribution is 2.36. The molecule has 3 nitrogen and oxygen atoms in total. The lowest BCUT2D eigenvalue weighted by molar-refractivity contribution is -0.377. The van der Waals surface area contributed by atoms with E-state index < -0.39 is 0 Å². The molecule has 42 heavy (non-hydrogen) atoms. The van der Waals surface area contributed by atoms with E-state index in [4.69, 9.17) is 0 Å². The molecule has 0 aliphatic rings. The van der Waals surface area contributed by atoms with Crippen LogP contribution in [0, 0.1) is 0 Å². The Morgan fingerprint density at radius 1 is 0.238 bits per heavy atom. The zero-order valence-electron chi connectivity index (χ0n) is 23.1. The highest BCUT2D eigenvalue weighted by Gasteiger charge is 2.11. The van der Waals surface area contributed by atoms with Crippen LogP contribution < -0.4 is 15.0 Å². The van der Waals surface area contributed by atoms with Gasteiger partial charge in [0.15, 0.2) is 37.2 Å². The van der Waals surface area contributed by atoms with Crippen LogP contribution in [0.5, 0.6) is 0 Å². The molecule has 0 atom stereocenters. The van der Waals surface area contributed by atoms with Gasteiger partial charge < -0.3 is 0 Å². The Hall–Kier alpha value is -5.67. The van der Waals surface area contributed by atoms with Crippen LogP contribution in [-0.2, 0) is 0 Å². The summed E-state index contributed by atoms with van der Waals surface area (Å²) in [6, 6.07) is 45.8. The van der Waals surface area contributed by atoms with Gasteiger partial charge in [-0.05, 0) is 105 Å². The molecule has 3 aromatic heterocycles. The minimum absolute atomic E-state index is 1.16. The van der Waals surface area contributed by atoms with Crippen LogP contribution in [0.1, 0.15) is 0 Å². The summed E-state index contributed by atoms with van der Waals surface area (Å²) >= 11 is 0. The monoisotopic (exact) mass is 540 g/mol. The van der Waals surface area contributed by atoms with E-state index >= 15 is 0 Å². The molecule has 4 aromatic carbocycles. The minimum Gasteiger partial charge on any atom is -0.217 e. The summed E-state index contributed by atoms with van der Waals surface area (Å²) in [5.74, 6) is 0. The summed E-state index contributed by atoms with van der Waals surface area (Å²) in [5.41, 5.74) is 14.1. The summed E-state index contributed by atoms with van der Waals surface area (Å²) < 4.78 is 0. The molecule has 0 aliphatic carbocycles. The van der Waals surface area contributed by atoms with Crippen molar-refractivity contribution in [3.8, 4) is 66.8 Å². The van der Waals surface area contributed by atoms with Gasteiger partial charge in [-0.3, -0.25) is 0 Å². The van der Waals surface area contributed by atoms with Crippen LogP contribution in [-0.4, -0.2) is 0 Å². The third kappa shape index (κ3) is 5.36. The predicted molar refractivity (Wildman–Crippen MR) is 169 cm³/mol. The first-order valence-electron chi connectivity index (χ1n) is 14.2. The van der Waals surface area contributed by atoms with Crippen molar-refractivity contribution < 1.29 is 15.0 Å². The van der Waals surface area contributed by atoms with Gasteiger partial charge >= 0.3 is 0 Å². The highest BCUT2D eigenvalue weighted by atomic mass is 14.6. The van der Waals surface area contributed by atoms with Crippen molar-refractivity contribution in [2.24, 2.45) is 0 Å². The lowest BCUT2D eigenvalue weighted by Gasteiger charge is -2.13. The number of aromatic amines is 3. The molecule has 198 valence electrons. The fourth-order valence-corrected chi connectivity index (χ4v) is 5.48. The number of nitrogens with one attached hydrogen (secondary N) is 3. The van der Waals surface area contributed by atoms with Crippen molar-refractivity contribution >= 4 is 0 Å². The van der Waals surface area contributed by atoms with Crippen LogP contribution in [0.4, 0.5) is 0 Å². The van der Waals surface area contributed by atoms with Crippen molar-refractivity contribution in [3.63, 3.8) is 0 Å². The van der Waals surface area contributed by atoms with Crippen molar-refractivity contribution in [2.45, 2.75) is 0 Å². The topological polar surface area (TPSA) is 42.4 Å². The molecule has 0 amide bonds. The second-order valence-electron chi connectivity index (χ2n) is 10.4. The van der Waals surface area contributed by atoms with Crippen LogP contribution in [0.15, 0.2) is 165 Å². The number of benzene rings is 4. The van der Waals surface area contributed by atoms with Crippen molar-refractivity contribution in [2.75, 3.05) is 0 Å². The zero-order chi connectivity index (χ0) is 28.1. The number of pyridine rings is 3. The molecule has 7 rings (SSSR count). The first kappa shape index (κ1) is 25.3. The molecular weight excluding hydrogens is 510 g/mol. The second kappa shape index (κ2) is 11.4. The Balaban J connectivity index is 1.38. The normalized spacial score (nSPS) is 10.9. The van der Waals surface area contributed by atoms with Crippen LogP contribution in [0.25, 0.3) is 66.8 Å². The fourth-order valence-electron chi connectivity index (χ4n) is 5.48. The summed E-state index contributed by atoms with van der Waals surface area (Å²) in [4.78, 5) is 9.64. The number of rotatable bonds is 6. The smallest absolute Gasteiger partial charge is 0.174 e. The Bertz CT molecular complexity index is 1720. The molecule has 0 spiro atoms. The van der Waals surface area contributed by atoms with Crippen LogP contribution in [0.3, 0.4) is 0 Å². The predicted octanol–water partition coefficient (Wildman–Crippen LogP) is 8.13. The van der Waals surface area contributed by atoms with E-state index in [1.54, 1.807) is 0 Å². The van der Waals surface area contributed by atoms with E-state index in [2.05, 4.69) is 124 Å². The Morgan fingerprint density at radius 3 is 0.738 bits per heavy atom. The van der Waals surface area contributed by atoms with Gasteiger partial charge in [-0.2, -0.15) is 0 Å². The van der Waals surface area contributed by atoms with Gasteiger partial charge in [0.1, 0.15) is 0 Å². The third-order valence-electron chi connectivity index (χ3n) is 7.64. The van der Waals surface area contributed by atoms with Gasteiger partial charge in [0, 0.05) is 34.9 Å². The molecule has 0 saturated heterocycles. The average Bonchev–Trinajstić information content (AvgIpc) is 3.09. The molecule has 0 fully saturated rings. The molecule has 3 N–H and O–H groups in total. The Morgan fingerprint density at radius 2 is 0.476 bits per heavy atom. The number of aromatic nitrogens is 3. The maximum Gasteiger partial charge on any atom is 0.174 e. The molecule has 0 radical (unpaired) electrons. The van der Waals surface area contributed by atoms with Gasteiger partial charge in [-0.1, -0.05) is 54.6 Å². The van der Waals surface area contributed by atoms with Gasteiger partial charge in [0.2, 0.25) is 0 Å². The van der Waals surface area contributed by atoms with E-state index in [0.29, 0.717) is 0 Å². The maximum absolute atomic E-state index is 3.21. The third-order valence-corrected chi connectivity index (χ3v) is 7.64. The van der Waals surface area contributed by atoms with E-state index in [-0.39, 0.29) is 0 Å². The van der Waals surface area contributed by atoms with Crippen molar-refractivity contribution in [3.05, 3.63) is 165 Å². The molecule has 3 heterocycles. The molecule has 3 heteroatoms. The molecule has 0 bridgehead atoms. The van der Waals surface area contributed by atoms with Gasteiger partial charge in [-0.25, -0.2) is 15.0 Å². The van der Waals surface area contributed by atoms with Crippen LogP contribution in [0.2, 0.25) is 0 Å². The Kier molecular flexibility index (Phi) is 6.89. The SMILES string of the molecule is c1c[nH+]cc(-c2cccc(-c3cc(-c4cccc(-c5ccc[nH+]c5)c4)cc(-c4cccc(-c5ccc[nH+]c5)c4)c3)c2)c1. The van der Waals surface area contributed by atoms with E-state index in [0.717, 1.165) is 16.7 Å². The first-order valence-corrected chi connectivity index (χ1v) is 14.2. The molecule has 7 aromatic rings. The largest absolute Gasteiger partial charge is 0.217 e. The number of hydrogen-bond acceptors (Lipinski definition) is 0. The first-order chi connectivity index (χ1) is 20.8. The Labute approximate surface area is 245 Å². The zero-order valence-corrected chi connectivity index (χ0v) is 23.1. The molecule has 0 unspecified atom stereocenters. The van der Waals surface area contributed by atoms with Gasteiger partial charge in [0.25, 0.3) is 0 Å². The summed E-state index contributed by atoms with van der Waals surface area (Å²) in [7, 11) is 0. The van der Waals surface area contributed by atoms with Crippen molar-refractivity contribution in [1.82, 2.24) is 0 Å². The van der Waals surface area contributed by atoms with Gasteiger partial charge in [0.05, 0.1) is 0 Å². The fraction of sp³-hybridized carbons (Fsp3) is 0. The van der Waals surface area contributed by atoms with E-state index in [1.807, 2.05) is 55.4 Å². The van der Waals surface area contributed by atoms with E-state index in [1.165, 1.54) is 50.1 Å². The number of H-pyrrole nitrogens is 3. The minimum atomic E-state index is 1.16. The molecule has 0 aliphatic heterocycles. The summed E-state index contributed by atoms with van der Waals surface area (Å²) in [5, 5.41) is 0. The molecular formula is C39H30N3+3. The van der Waals surface area contributed by atoms with E-state index in [9.17, 15) is 0 Å². The lowest BCUT2D eigenvalue weighted by atomic mass is 9.91. The molecule has 0 saturated carbocycles.